The molecule has 1 unspecified atom stereocenters. The molecule has 0 radical (unpaired) electrons. The van der Waals surface area contributed by atoms with Crippen molar-refractivity contribution in [1.29, 1.82) is 5.26 Å². The normalized spacial score (nSPS) is 12.8. The maximum Gasteiger partial charge on any atom is 0.160 e. The van der Waals surface area contributed by atoms with Crippen LogP contribution in [0.1, 0.15) is 44.2 Å². The van der Waals surface area contributed by atoms with E-state index in [0.29, 0.717) is 0 Å². The van der Waals surface area contributed by atoms with E-state index in [-0.39, 0.29) is 11.3 Å². The molecule has 35 heavy (non-hydrogen) atoms. The third-order valence-electron chi connectivity index (χ3n) is 7.03. The molecule has 2 rings (SSSR count). The number of rotatable bonds is 15. The lowest BCUT2D eigenvalue weighted by Crippen LogP contribution is -2.29. The quantitative estimate of drug-likeness (QED) is 0.321. The van der Waals surface area contributed by atoms with Gasteiger partial charge < -0.3 is 23.8 Å². The predicted octanol–water partition coefficient (Wildman–Crippen LogP) is 5.77. The second kappa shape index (κ2) is 13.8. The summed E-state index contributed by atoms with van der Waals surface area (Å²) < 4.78 is 21.5. The van der Waals surface area contributed by atoms with E-state index in [1.807, 2.05) is 24.3 Å². The SMILES string of the molecule is COc1ccc(CCN(C)CCCC(C#N)(CCc2ccc(OC)c(OC)c2)C(C)C)cc1OC. The molecule has 0 bridgehead atoms. The Morgan fingerprint density at radius 2 is 1.29 bits per heavy atom. The molecule has 6 nitrogen and oxygen atoms in total. The highest BCUT2D eigenvalue weighted by molar-refractivity contribution is 5.43. The van der Waals surface area contributed by atoms with Crippen molar-refractivity contribution in [1.82, 2.24) is 4.90 Å². The number of likely N-dealkylation sites (N-methyl/N-ethyl adjacent to an activating group) is 1. The van der Waals surface area contributed by atoms with E-state index in [9.17, 15) is 5.26 Å². The van der Waals surface area contributed by atoms with Gasteiger partial charge in [-0.15, -0.1) is 0 Å². The summed E-state index contributed by atoms with van der Waals surface area (Å²) in [5, 5.41) is 10.2. The summed E-state index contributed by atoms with van der Waals surface area (Å²) in [7, 11) is 8.75. The van der Waals surface area contributed by atoms with E-state index >= 15 is 0 Å². The van der Waals surface area contributed by atoms with Crippen molar-refractivity contribution in [3.8, 4) is 29.1 Å². The standard InChI is InChI=1S/C29H42N2O4/c1-22(2)29(21-30,16-13-23-9-11-25(32-4)27(19-23)34-6)15-8-17-31(3)18-14-24-10-12-26(33-5)28(20-24)35-7/h9-12,19-20,22H,8,13-18H2,1-7H3. The lowest BCUT2D eigenvalue weighted by Gasteiger charge is -2.32. The van der Waals surface area contributed by atoms with E-state index in [1.54, 1.807) is 28.4 Å². The number of hydrogen-bond donors (Lipinski definition) is 0. The van der Waals surface area contributed by atoms with Gasteiger partial charge in [0, 0.05) is 6.54 Å². The van der Waals surface area contributed by atoms with Crippen LogP contribution in [0.5, 0.6) is 23.0 Å². The first kappa shape index (κ1) is 28.3. The van der Waals surface area contributed by atoms with Crippen LogP contribution in [0.2, 0.25) is 0 Å². The Morgan fingerprint density at radius 1 is 0.771 bits per heavy atom. The van der Waals surface area contributed by atoms with Crippen LogP contribution in [0.3, 0.4) is 0 Å². The van der Waals surface area contributed by atoms with E-state index in [0.717, 1.165) is 73.8 Å². The highest BCUT2D eigenvalue weighted by atomic mass is 16.5. The van der Waals surface area contributed by atoms with Crippen LogP contribution in [0.25, 0.3) is 0 Å². The van der Waals surface area contributed by atoms with Gasteiger partial charge in [0.25, 0.3) is 0 Å². The van der Waals surface area contributed by atoms with Crippen LogP contribution in [-0.2, 0) is 12.8 Å². The van der Waals surface area contributed by atoms with Crippen molar-refractivity contribution in [2.24, 2.45) is 11.3 Å². The number of ether oxygens (including phenoxy) is 4. The molecule has 0 aliphatic heterocycles. The lowest BCUT2D eigenvalue weighted by atomic mass is 9.71. The average molecular weight is 483 g/mol. The molecule has 0 fully saturated rings. The molecule has 0 spiro atoms. The first-order valence-corrected chi connectivity index (χ1v) is 12.3. The Labute approximate surface area is 211 Å². The minimum atomic E-state index is -0.350. The summed E-state index contributed by atoms with van der Waals surface area (Å²) in [6.07, 6.45) is 4.46. The summed E-state index contributed by atoms with van der Waals surface area (Å²) >= 11 is 0. The number of benzene rings is 2. The monoisotopic (exact) mass is 482 g/mol. The van der Waals surface area contributed by atoms with Crippen molar-refractivity contribution in [3.05, 3.63) is 47.5 Å². The molecule has 0 amide bonds. The van der Waals surface area contributed by atoms with E-state index < -0.39 is 0 Å². The zero-order valence-corrected chi connectivity index (χ0v) is 22.5. The molecule has 0 aliphatic carbocycles. The van der Waals surface area contributed by atoms with Crippen LogP contribution in [0.4, 0.5) is 0 Å². The molecular formula is C29H42N2O4. The number of hydrogen-bond acceptors (Lipinski definition) is 6. The average Bonchev–Trinajstić information content (AvgIpc) is 2.88. The van der Waals surface area contributed by atoms with Gasteiger partial charge in [-0.25, -0.2) is 0 Å². The number of aryl methyl sites for hydroxylation is 1. The molecule has 2 aromatic carbocycles. The molecule has 1 atom stereocenters. The minimum absolute atomic E-state index is 0.282. The summed E-state index contributed by atoms with van der Waals surface area (Å²) in [5.74, 6) is 3.25. The van der Waals surface area contributed by atoms with Crippen molar-refractivity contribution in [2.45, 2.75) is 46.0 Å². The Hall–Kier alpha value is -2.91. The fraction of sp³-hybridized carbons (Fsp3) is 0.552. The first-order chi connectivity index (χ1) is 16.8. The van der Waals surface area contributed by atoms with Crippen LogP contribution < -0.4 is 18.9 Å². The van der Waals surface area contributed by atoms with Gasteiger partial charge in [-0.1, -0.05) is 26.0 Å². The summed E-state index contributed by atoms with van der Waals surface area (Å²) in [6.45, 7) is 6.24. The summed E-state index contributed by atoms with van der Waals surface area (Å²) in [5.41, 5.74) is 2.03. The molecule has 0 aromatic heterocycles. The zero-order valence-electron chi connectivity index (χ0n) is 22.5. The van der Waals surface area contributed by atoms with Gasteiger partial charge in [-0.05, 0) is 87.0 Å². The molecule has 0 aliphatic rings. The molecule has 0 heterocycles. The van der Waals surface area contributed by atoms with Gasteiger partial charge >= 0.3 is 0 Å². The summed E-state index contributed by atoms with van der Waals surface area (Å²) in [6, 6.07) is 14.8. The van der Waals surface area contributed by atoms with Gasteiger partial charge in [0.05, 0.1) is 39.9 Å². The Balaban J connectivity index is 1.91. The fourth-order valence-electron chi connectivity index (χ4n) is 4.48. The highest BCUT2D eigenvalue weighted by Crippen LogP contribution is 2.38. The molecule has 0 saturated heterocycles. The maximum atomic E-state index is 10.2. The van der Waals surface area contributed by atoms with Gasteiger partial charge in [0.2, 0.25) is 0 Å². The van der Waals surface area contributed by atoms with E-state index in [4.69, 9.17) is 18.9 Å². The van der Waals surface area contributed by atoms with Crippen LogP contribution in [0.15, 0.2) is 36.4 Å². The van der Waals surface area contributed by atoms with Crippen LogP contribution in [0, 0.1) is 22.7 Å². The van der Waals surface area contributed by atoms with Gasteiger partial charge in [0.1, 0.15) is 0 Å². The Kier molecular flexibility index (Phi) is 11.2. The second-order valence-electron chi connectivity index (χ2n) is 9.46. The van der Waals surface area contributed by atoms with Crippen molar-refractivity contribution < 1.29 is 18.9 Å². The van der Waals surface area contributed by atoms with E-state index in [2.05, 4.69) is 44.0 Å². The van der Waals surface area contributed by atoms with Gasteiger partial charge in [-0.2, -0.15) is 5.26 Å². The first-order valence-electron chi connectivity index (χ1n) is 12.3. The molecular weight excluding hydrogens is 440 g/mol. The largest absolute Gasteiger partial charge is 0.493 e. The van der Waals surface area contributed by atoms with Gasteiger partial charge in [-0.3, -0.25) is 0 Å². The molecule has 192 valence electrons. The van der Waals surface area contributed by atoms with Crippen LogP contribution in [-0.4, -0.2) is 53.5 Å². The number of nitrogens with zero attached hydrogens (tertiary/aromatic N) is 2. The minimum Gasteiger partial charge on any atom is -0.493 e. The smallest absolute Gasteiger partial charge is 0.160 e. The zero-order chi connectivity index (χ0) is 25.8. The van der Waals surface area contributed by atoms with Gasteiger partial charge in [0.15, 0.2) is 23.0 Å². The fourth-order valence-corrected chi connectivity index (χ4v) is 4.48. The van der Waals surface area contributed by atoms with Crippen molar-refractivity contribution in [2.75, 3.05) is 48.6 Å². The Morgan fingerprint density at radius 3 is 1.74 bits per heavy atom. The molecule has 2 aromatic rings. The summed E-state index contributed by atoms with van der Waals surface area (Å²) in [4.78, 5) is 2.34. The Bertz CT molecular complexity index is 970. The lowest BCUT2D eigenvalue weighted by molar-refractivity contribution is 0.213. The maximum absolute atomic E-state index is 10.2. The topological polar surface area (TPSA) is 64.0 Å². The van der Waals surface area contributed by atoms with Crippen molar-refractivity contribution >= 4 is 0 Å². The molecule has 0 saturated carbocycles. The number of methoxy groups -OCH3 is 4. The van der Waals surface area contributed by atoms with E-state index in [1.165, 1.54) is 5.56 Å². The van der Waals surface area contributed by atoms with Crippen molar-refractivity contribution in [3.63, 3.8) is 0 Å². The molecule has 6 heteroatoms. The second-order valence-corrected chi connectivity index (χ2v) is 9.46. The highest BCUT2D eigenvalue weighted by Gasteiger charge is 2.33. The predicted molar refractivity (Wildman–Crippen MR) is 141 cm³/mol. The van der Waals surface area contributed by atoms with Crippen LogP contribution >= 0.6 is 0 Å². The third kappa shape index (κ3) is 7.80. The molecule has 0 N–H and O–H groups in total. The number of nitriles is 1. The third-order valence-corrected chi connectivity index (χ3v) is 7.03.